The highest BCUT2D eigenvalue weighted by Crippen LogP contribution is 2.21. The van der Waals surface area contributed by atoms with Crippen LogP contribution in [0.5, 0.6) is 0 Å². The van der Waals surface area contributed by atoms with Gasteiger partial charge in [0.1, 0.15) is 0 Å². The second-order valence-corrected chi connectivity index (χ2v) is 6.97. The van der Waals surface area contributed by atoms with Gasteiger partial charge in [-0.05, 0) is 43.3 Å². The first-order chi connectivity index (χ1) is 13.1. The normalized spacial score (nSPS) is 14.4. The molecule has 2 heterocycles. The van der Waals surface area contributed by atoms with Crippen molar-refractivity contribution in [3.8, 4) is 0 Å². The maximum Gasteiger partial charge on any atom is 0.321 e. The van der Waals surface area contributed by atoms with Crippen LogP contribution in [0, 0.1) is 6.92 Å². The highest BCUT2D eigenvalue weighted by molar-refractivity contribution is 6.30. The number of nitrogens with one attached hydrogen (secondary N) is 1. The van der Waals surface area contributed by atoms with Gasteiger partial charge in [0.05, 0.1) is 16.7 Å². The lowest BCUT2D eigenvalue weighted by molar-refractivity contribution is 0.208. The number of halogens is 1. The number of urea groups is 1. The van der Waals surface area contributed by atoms with Gasteiger partial charge >= 0.3 is 6.03 Å². The summed E-state index contributed by atoms with van der Waals surface area (Å²) in [5.41, 5.74) is 3.44. The predicted molar refractivity (Wildman–Crippen MR) is 109 cm³/mol. The van der Waals surface area contributed by atoms with Gasteiger partial charge in [-0.15, -0.1) is 0 Å². The first-order valence-corrected chi connectivity index (χ1v) is 9.28. The maximum absolute atomic E-state index is 12.5. The number of aromatic nitrogens is 2. The highest BCUT2D eigenvalue weighted by Gasteiger charge is 2.23. The van der Waals surface area contributed by atoms with Gasteiger partial charge < -0.3 is 15.1 Å². The second kappa shape index (κ2) is 7.40. The Bertz CT molecular complexity index is 968. The van der Waals surface area contributed by atoms with Gasteiger partial charge in [0, 0.05) is 36.9 Å². The summed E-state index contributed by atoms with van der Waals surface area (Å²) in [5.74, 6) is 0.895. The summed E-state index contributed by atoms with van der Waals surface area (Å²) in [6.45, 7) is 4.69. The van der Waals surface area contributed by atoms with Crippen LogP contribution in [0.3, 0.4) is 0 Å². The van der Waals surface area contributed by atoms with Crippen molar-refractivity contribution in [2.45, 2.75) is 6.92 Å². The van der Waals surface area contributed by atoms with Crippen molar-refractivity contribution >= 4 is 40.2 Å². The van der Waals surface area contributed by atoms with E-state index in [0.717, 1.165) is 41.3 Å². The number of carbonyl (C=O) groups is 1. The number of hydrogen-bond acceptors (Lipinski definition) is 4. The number of nitrogens with zero attached hydrogens (tertiary/aromatic N) is 4. The standard InChI is InChI=1S/C20H20ClN5O/c1-14-19(24-18-5-3-2-4-17(18)22-14)25-10-12-26(13-11-25)20(27)23-16-8-6-15(21)7-9-16/h2-9H,10-13H2,1H3,(H,23,27). The Morgan fingerprint density at radius 1 is 0.963 bits per heavy atom. The summed E-state index contributed by atoms with van der Waals surface area (Å²) in [4.78, 5) is 25.9. The number of hydrogen-bond donors (Lipinski definition) is 1. The molecule has 0 aliphatic carbocycles. The van der Waals surface area contributed by atoms with E-state index in [2.05, 4.69) is 15.2 Å². The number of benzene rings is 2. The average Bonchev–Trinajstić information content (AvgIpc) is 2.69. The van der Waals surface area contributed by atoms with E-state index in [1.807, 2.05) is 36.1 Å². The van der Waals surface area contributed by atoms with E-state index in [0.29, 0.717) is 18.1 Å². The Morgan fingerprint density at radius 3 is 2.26 bits per heavy atom. The monoisotopic (exact) mass is 381 g/mol. The predicted octanol–water partition coefficient (Wildman–Crippen LogP) is 3.95. The lowest BCUT2D eigenvalue weighted by atomic mass is 10.2. The third kappa shape index (κ3) is 3.80. The highest BCUT2D eigenvalue weighted by atomic mass is 35.5. The molecule has 0 radical (unpaired) electrons. The van der Waals surface area contributed by atoms with Crippen LogP contribution in [-0.4, -0.2) is 47.1 Å². The number of aryl methyl sites for hydroxylation is 1. The minimum Gasteiger partial charge on any atom is -0.352 e. The fourth-order valence-corrected chi connectivity index (χ4v) is 3.36. The summed E-state index contributed by atoms with van der Waals surface area (Å²) in [6, 6.07) is 14.9. The van der Waals surface area contributed by atoms with Crippen LogP contribution in [-0.2, 0) is 0 Å². The molecule has 2 aromatic carbocycles. The zero-order chi connectivity index (χ0) is 18.8. The molecule has 4 rings (SSSR count). The van der Waals surface area contributed by atoms with Crippen molar-refractivity contribution in [1.29, 1.82) is 0 Å². The topological polar surface area (TPSA) is 61.4 Å². The van der Waals surface area contributed by atoms with Gasteiger partial charge in [0.2, 0.25) is 0 Å². The largest absolute Gasteiger partial charge is 0.352 e. The molecule has 1 saturated heterocycles. The Morgan fingerprint density at radius 2 is 1.59 bits per heavy atom. The summed E-state index contributed by atoms with van der Waals surface area (Å²) < 4.78 is 0. The van der Waals surface area contributed by atoms with E-state index in [4.69, 9.17) is 16.6 Å². The number of amides is 2. The molecule has 1 fully saturated rings. The van der Waals surface area contributed by atoms with Crippen LogP contribution < -0.4 is 10.2 Å². The van der Waals surface area contributed by atoms with Crippen molar-refractivity contribution in [3.63, 3.8) is 0 Å². The first-order valence-electron chi connectivity index (χ1n) is 8.90. The van der Waals surface area contributed by atoms with E-state index in [1.54, 1.807) is 24.3 Å². The molecule has 0 saturated carbocycles. The van der Waals surface area contributed by atoms with Crippen molar-refractivity contribution in [2.75, 3.05) is 36.4 Å². The number of fused-ring (bicyclic) bond motifs is 1. The summed E-state index contributed by atoms with van der Waals surface area (Å²) in [5, 5.41) is 3.56. The zero-order valence-electron chi connectivity index (χ0n) is 15.0. The van der Waals surface area contributed by atoms with E-state index in [9.17, 15) is 4.79 Å². The molecule has 1 aliphatic rings. The van der Waals surface area contributed by atoms with Crippen molar-refractivity contribution in [3.05, 3.63) is 59.2 Å². The van der Waals surface area contributed by atoms with E-state index in [1.165, 1.54) is 0 Å². The number of para-hydroxylation sites is 2. The number of anilines is 2. The van der Waals surface area contributed by atoms with Crippen LogP contribution in [0.1, 0.15) is 5.69 Å². The molecule has 1 N–H and O–H groups in total. The van der Waals surface area contributed by atoms with Crippen LogP contribution >= 0.6 is 11.6 Å². The molecule has 27 heavy (non-hydrogen) atoms. The Kier molecular flexibility index (Phi) is 4.81. The lowest BCUT2D eigenvalue weighted by Crippen LogP contribution is -2.50. The van der Waals surface area contributed by atoms with E-state index >= 15 is 0 Å². The molecule has 0 bridgehead atoms. The molecule has 1 aliphatic heterocycles. The fraction of sp³-hybridized carbons (Fsp3) is 0.250. The maximum atomic E-state index is 12.5. The third-order valence-corrected chi connectivity index (χ3v) is 4.93. The van der Waals surface area contributed by atoms with Gasteiger partial charge in [-0.2, -0.15) is 0 Å². The molecule has 0 unspecified atom stereocenters. The summed E-state index contributed by atoms with van der Waals surface area (Å²) in [7, 11) is 0. The van der Waals surface area contributed by atoms with Gasteiger partial charge in [0.25, 0.3) is 0 Å². The molecular formula is C20H20ClN5O. The SMILES string of the molecule is Cc1nc2ccccc2nc1N1CCN(C(=O)Nc2ccc(Cl)cc2)CC1. The molecule has 6 nitrogen and oxygen atoms in total. The summed E-state index contributed by atoms with van der Waals surface area (Å²) >= 11 is 5.88. The molecule has 0 spiro atoms. The molecule has 2 amide bonds. The van der Waals surface area contributed by atoms with Crippen molar-refractivity contribution in [2.24, 2.45) is 0 Å². The molecule has 0 atom stereocenters. The summed E-state index contributed by atoms with van der Waals surface area (Å²) in [6.07, 6.45) is 0. The molecular weight excluding hydrogens is 362 g/mol. The molecule has 7 heteroatoms. The number of carbonyl (C=O) groups excluding carboxylic acids is 1. The lowest BCUT2D eigenvalue weighted by Gasteiger charge is -2.35. The van der Waals surface area contributed by atoms with E-state index < -0.39 is 0 Å². The van der Waals surface area contributed by atoms with Crippen LogP contribution in [0.4, 0.5) is 16.3 Å². The van der Waals surface area contributed by atoms with Crippen molar-refractivity contribution < 1.29 is 4.79 Å². The van der Waals surface area contributed by atoms with Gasteiger partial charge in [-0.3, -0.25) is 0 Å². The molecule has 1 aromatic heterocycles. The van der Waals surface area contributed by atoms with Gasteiger partial charge in [0.15, 0.2) is 5.82 Å². The molecule has 3 aromatic rings. The van der Waals surface area contributed by atoms with Crippen LogP contribution in [0.15, 0.2) is 48.5 Å². The smallest absolute Gasteiger partial charge is 0.321 e. The minimum atomic E-state index is -0.0988. The molecule has 138 valence electrons. The fourth-order valence-electron chi connectivity index (χ4n) is 3.24. The van der Waals surface area contributed by atoms with Gasteiger partial charge in [-0.25, -0.2) is 14.8 Å². The average molecular weight is 382 g/mol. The number of rotatable bonds is 2. The van der Waals surface area contributed by atoms with Crippen LogP contribution in [0.2, 0.25) is 5.02 Å². The Balaban J connectivity index is 1.42. The Hall–Kier alpha value is -2.86. The van der Waals surface area contributed by atoms with Crippen LogP contribution in [0.25, 0.3) is 11.0 Å². The number of piperazine rings is 1. The quantitative estimate of drug-likeness (QED) is 0.730. The third-order valence-electron chi connectivity index (χ3n) is 4.68. The Labute approximate surface area is 162 Å². The van der Waals surface area contributed by atoms with Gasteiger partial charge in [-0.1, -0.05) is 23.7 Å². The minimum absolute atomic E-state index is 0.0988. The first kappa shape index (κ1) is 17.5. The van der Waals surface area contributed by atoms with Crippen molar-refractivity contribution in [1.82, 2.24) is 14.9 Å². The zero-order valence-corrected chi connectivity index (χ0v) is 15.8. The second-order valence-electron chi connectivity index (χ2n) is 6.53. The van der Waals surface area contributed by atoms with E-state index in [-0.39, 0.29) is 6.03 Å².